The Labute approximate surface area is 113 Å². The molecule has 4 atom stereocenters. The molecule has 2 rings (SSSR count). The van der Waals surface area contributed by atoms with Gasteiger partial charge in [0.05, 0.1) is 5.92 Å². The van der Waals surface area contributed by atoms with Gasteiger partial charge in [0, 0.05) is 13.1 Å². The number of ether oxygens (including phenoxy) is 1. The van der Waals surface area contributed by atoms with E-state index in [1.54, 1.807) is 4.90 Å². The molecule has 0 aromatic carbocycles. The lowest BCUT2D eigenvalue weighted by Gasteiger charge is -2.24. The average Bonchev–Trinajstić information content (AvgIpc) is 2.80. The highest BCUT2D eigenvalue weighted by molar-refractivity contribution is 5.75. The maximum atomic E-state index is 12.0. The summed E-state index contributed by atoms with van der Waals surface area (Å²) in [5.74, 6) is -0.114. The SMILES string of the molecule is CC1CC1C1CN(C(=O)OC(C)(C)C)CC1C(=O)O. The molecule has 1 heterocycles. The molecule has 1 saturated heterocycles. The molecule has 4 unspecified atom stereocenters. The van der Waals surface area contributed by atoms with E-state index in [1.165, 1.54) is 0 Å². The van der Waals surface area contributed by atoms with Crippen molar-refractivity contribution in [3.63, 3.8) is 0 Å². The molecule has 0 aromatic heterocycles. The lowest BCUT2D eigenvalue weighted by molar-refractivity contribution is -0.142. The van der Waals surface area contributed by atoms with E-state index in [0.29, 0.717) is 18.4 Å². The van der Waals surface area contributed by atoms with Gasteiger partial charge in [0.1, 0.15) is 5.60 Å². The summed E-state index contributed by atoms with van der Waals surface area (Å²) < 4.78 is 5.32. The predicted octanol–water partition coefficient (Wildman–Crippen LogP) is 2.21. The first-order chi connectivity index (χ1) is 8.69. The zero-order valence-electron chi connectivity index (χ0n) is 12.0. The van der Waals surface area contributed by atoms with Crippen LogP contribution < -0.4 is 0 Å². The van der Waals surface area contributed by atoms with Crippen LogP contribution in [0, 0.1) is 23.7 Å². The van der Waals surface area contributed by atoms with E-state index >= 15 is 0 Å². The van der Waals surface area contributed by atoms with E-state index in [1.807, 2.05) is 20.8 Å². The van der Waals surface area contributed by atoms with Gasteiger partial charge in [-0.25, -0.2) is 4.79 Å². The molecule has 19 heavy (non-hydrogen) atoms. The molecule has 108 valence electrons. The lowest BCUT2D eigenvalue weighted by Crippen LogP contribution is -2.36. The molecule has 0 bridgehead atoms. The van der Waals surface area contributed by atoms with Gasteiger partial charge in [-0.3, -0.25) is 4.79 Å². The van der Waals surface area contributed by atoms with E-state index < -0.39 is 23.6 Å². The van der Waals surface area contributed by atoms with Crippen LogP contribution in [0.1, 0.15) is 34.1 Å². The highest BCUT2D eigenvalue weighted by atomic mass is 16.6. The summed E-state index contributed by atoms with van der Waals surface area (Å²) in [6.45, 7) is 8.38. The number of carbonyl (C=O) groups excluding carboxylic acids is 1. The second kappa shape index (κ2) is 4.69. The molecule has 1 amide bonds. The summed E-state index contributed by atoms with van der Waals surface area (Å²) in [6.07, 6.45) is 0.686. The van der Waals surface area contributed by atoms with Gasteiger partial charge in [-0.15, -0.1) is 0 Å². The number of rotatable bonds is 2. The number of carboxylic acids is 1. The minimum Gasteiger partial charge on any atom is -0.481 e. The Morgan fingerprint density at radius 3 is 2.21 bits per heavy atom. The van der Waals surface area contributed by atoms with Crippen LogP contribution in [0.2, 0.25) is 0 Å². The Morgan fingerprint density at radius 2 is 1.79 bits per heavy atom. The minimum atomic E-state index is -0.796. The van der Waals surface area contributed by atoms with Crippen molar-refractivity contribution in [1.29, 1.82) is 0 Å². The van der Waals surface area contributed by atoms with Crippen molar-refractivity contribution in [3.05, 3.63) is 0 Å². The van der Waals surface area contributed by atoms with E-state index in [-0.39, 0.29) is 12.5 Å². The number of hydrogen-bond acceptors (Lipinski definition) is 3. The smallest absolute Gasteiger partial charge is 0.410 e. The van der Waals surface area contributed by atoms with Crippen molar-refractivity contribution in [2.75, 3.05) is 13.1 Å². The monoisotopic (exact) mass is 269 g/mol. The van der Waals surface area contributed by atoms with Crippen LogP contribution in [-0.4, -0.2) is 40.8 Å². The standard InChI is InChI=1S/C14H23NO4/c1-8-5-9(8)10-6-15(7-11(10)12(16)17)13(18)19-14(2,3)4/h8-11H,5-7H2,1-4H3,(H,16,17). The van der Waals surface area contributed by atoms with Gasteiger partial charge in [-0.2, -0.15) is 0 Å². The third kappa shape index (κ3) is 3.19. The van der Waals surface area contributed by atoms with Crippen molar-refractivity contribution < 1.29 is 19.4 Å². The number of hydrogen-bond donors (Lipinski definition) is 1. The Hall–Kier alpha value is -1.26. The summed E-state index contributed by atoms with van der Waals surface area (Å²) >= 11 is 0. The fourth-order valence-electron chi connectivity index (χ4n) is 2.95. The first kappa shape index (κ1) is 14.2. The van der Waals surface area contributed by atoms with Crippen LogP contribution >= 0.6 is 0 Å². The molecule has 1 aliphatic heterocycles. The topological polar surface area (TPSA) is 66.8 Å². The largest absolute Gasteiger partial charge is 0.481 e. The van der Waals surface area contributed by atoms with Gasteiger partial charge in [-0.05, 0) is 44.9 Å². The van der Waals surface area contributed by atoms with Crippen LogP contribution in [0.5, 0.6) is 0 Å². The summed E-state index contributed by atoms with van der Waals surface area (Å²) in [5.41, 5.74) is -0.541. The van der Waals surface area contributed by atoms with Crippen molar-refractivity contribution in [1.82, 2.24) is 4.90 Å². The molecule has 5 heteroatoms. The van der Waals surface area contributed by atoms with Gasteiger partial charge in [0.15, 0.2) is 0 Å². The highest BCUT2D eigenvalue weighted by Crippen LogP contribution is 2.49. The van der Waals surface area contributed by atoms with Crippen molar-refractivity contribution in [2.45, 2.75) is 39.7 Å². The molecule has 0 radical (unpaired) electrons. The summed E-state index contributed by atoms with van der Waals surface area (Å²) in [6, 6.07) is 0. The molecule has 1 N–H and O–H groups in total. The van der Waals surface area contributed by atoms with Crippen LogP contribution in [0.4, 0.5) is 4.79 Å². The van der Waals surface area contributed by atoms with E-state index in [4.69, 9.17) is 4.74 Å². The van der Waals surface area contributed by atoms with Crippen LogP contribution in [-0.2, 0) is 9.53 Å². The van der Waals surface area contributed by atoms with E-state index in [2.05, 4.69) is 6.92 Å². The minimum absolute atomic E-state index is 0.0834. The Balaban J connectivity index is 2.01. The quantitative estimate of drug-likeness (QED) is 0.834. The summed E-state index contributed by atoms with van der Waals surface area (Å²) in [7, 11) is 0. The maximum absolute atomic E-state index is 12.0. The second-order valence-corrected chi connectivity index (χ2v) is 6.87. The van der Waals surface area contributed by atoms with Gasteiger partial charge < -0.3 is 14.7 Å². The van der Waals surface area contributed by atoms with Crippen molar-refractivity contribution in [2.24, 2.45) is 23.7 Å². The molecule has 1 aliphatic carbocycles. The molecule has 2 fully saturated rings. The predicted molar refractivity (Wildman–Crippen MR) is 69.7 cm³/mol. The molecule has 1 saturated carbocycles. The first-order valence-electron chi connectivity index (χ1n) is 6.90. The average molecular weight is 269 g/mol. The lowest BCUT2D eigenvalue weighted by atomic mass is 9.91. The first-order valence-corrected chi connectivity index (χ1v) is 6.90. The Morgan fingerprint density at radius 1 is 1.21 bits per heavy atom. The van der Waals surface area contributed by atoms with Gasteiger partial charge in [0.25, 0.3) is 0 Å². The zero-order valence-corrected chi connectivity index (χ0v) is 12.0. The van der Waals surface area contributed by atoms with Crippen LogP contribution in [0.3, 0.4) is 0 Å². The molecular weight excluding hydrogens is 246 g/mol. The van der Waals surface area contributed by atoms with Gasteiger partial charge >= 0.3 is 12.1 Å². The molecule has 5 nitrogen and oxygen atoms in total. The second-order valence-electron chi connectivity index (χ2n) is 6.87. The third-order valence-electron chi connectivity index (χ3n) is 4.06. The third-order valence-corrected chi connectivity index (χ3v) is 4.06. The number of aliphatic carboxylic acids is 1. The molecule has 0 aromatic rings. The summed E-state index contributed by atoms with van der Waals surface area (Å²) in [5, 5.41) is 9.30. The van der Waals surface area contributed by atoms with Crippen LogP contribution in [0.25, 0.3) is 0 Å². The summed E-state index contributed by atoms with van der Waals surface area (Å²) in [4.78, 5) is 24.9. The number of likely N-dealkylation sites (tertiary alicyclic amines) is 1. The number of carboxylic acid groups (broad SMARTS) is 1. The van der Waals surface area contributed by atoms with Gasteiger partial charge in [-0.1, -0.05) is 6.92 Å². The highest BCUT2D eigenvalue weighted by Gasteiger charge is 2.50. The fourth-order valence-corrected chi connectivity index (χ4v) is 2.95. The van der Waals surface area contributed by atoms with Crippen LogP contribution in [0.15, 0.2) is 0 Å². The Kier molecular flexibility index (Phi) is 3.49. The van der Waals surface area contributed by atoms with E-state index in [0.717, 1.165) is 6.42 Å². The zero-order chi connectivity index (χ0) is 14.4. The van der Waals surface area contributed by atoms with E-state index in [9.17, 15) is 14.7 Å². The number of nitrogens with zero attached hydrogens (tertiary/aromatic N) is 1. The van der Waals surface area contributed by atoms with Crippen molar-refractivity contribution >= 4 is 12.1 Å². The fraction of sp³-hybridized carbons (Fsp3) is 0.857. The van der Waals surface area contributed by atoms with Crippen molar-refractivity contribution in [3.8, 4) is 0 Å². The molecular formula is C14H23NO4. The van der Waals surface area contributed by atoms with Gasteiger partial charge in [0.2, 0.25) is 0 Å². The maximum Gasteiger partial charge on any atom is 0.410 e. The molecule has 0 spiro atoms. The Bertz CT molecular complexity index is 387. The molecule has 2 aliphatic rings. The normalized spacial score (nSPS) is 34.2. The number of carbonyl (C=O) groups is 2. The number of amides is 1.